The molecule has 4 rings (SSSR count). The maximum Gasteiger partial charge on any atom is 0.0208 e. The van der Waals surface area contributed by atoms with Gasteiger partial charge in [0.05, 0.1) is 0 Å². The third-order valence-electron chi connectivity index (χ3n) is 4.01. The van der Waals surface area contributed by atoms with E-state index in [1.54, 1.807) is 0 Å². The van der Waals surface area contributed by atoms with Gasteiger partial charge in [-0.15, -0.1) is 0 Å². The van der Waals surface area contributed by atoms with E-state index in [1.165, 1.54) is 35.1 Å². The number of hydrogen-bond acceptors (Lipinski definition) is 2. The number of hydrogen-bond donors (Lipinski definition) is 2. The third kappa shape index (κ3) is 4.14. The first-order valence-electron chi connectivity index (χ1n) is 7.48. The molecule has 0 unspecified atom stereocenters. The van der Waals surface area contributed by atoms with Crippen LogP contribution in [0.25, 0.3) is 0 Å². The van der Waals surface area contributed by atoms with Gasteiger partial charge in [-0.2, -0.15) is 0 Å². The fourth-order valence-electron chi connectivity index (χ4n) is 2.84. The monoisotopic (exact) mass is 284 g/mol. The van der Waals surface area contributed by atoms with E-state index in [2.05, 4.69) is 59.2 Å². The Hall–Kier alpha value is -1.68. The third-order valence-corrected chi connectivity index (χ3v) is 4.01. The summed E-state index contributed by atoms with van der Waals surface area (Å²) in [4.78, 5) is 0. The fourth-order valence-corrected chi connectivity index (χ4v) is 2.84. The SMILES string of the molecule is O.c1ccc2c(c1)CCNC2.c1ccc2c(c1)CCNC2. The molecule has 0 aliphatic carbocycles. The van der Waals surface area contributed by atoms with Gasteiger partial charge in [-0.05, 0) is 48.2 Å². The van der Waals surface area contributed by atoms with Crippen LogP contribution in [-0.2, 0) is 25.9 Å². The van der Waals surface area contributed by atoms with Gasteiger partial charge in [0, 0.05) is 13.1 Å². The molecule has 2 aliphatic rings. The molecule has 2 heterocycles. The quantitative estimate of drug-likeness (QED) is 0.775. The summed E-state index contributed by atoms with van der Waals surface area (Å²) in [7, 11) is 0. The average Bonchev–Trinajstić information content (AvgIpc) is 2.56. The lowest BCUT2D eigenvalue weighted by Crippen LogP contribution is -2.23. The molecular weight excluding hydrogens is 260 g/mol. The number of rotatable bonds is 0. The van der Waals surface area contributed by atoms with Crippen LogP contribution in [0.5, 0.6) is 0 Å². The van der Waals surface area contributed by atoms with Gasteiger partial charge in [-0.1, -0.05) is 48.5 Å². The molecule has 0 radical (unpaired) electrons. The van der Waals surface area contributed by atoms with Crippen molar-refractivity contribution in [3.05, 3.63) is 70.8 Å². The summed E-state index contributed by atoms with van der Waals surface area (Å²) < 4.78 is 0. The number of fused-ring (bicyclic) bond motifs is 2. The summed E-state index contributed by atoms with van der Waals surface area (Å²) in [6.45, 7) is 4.38. The lowest BCUT2D eigenvalue weighted by Gasteiger charge is -2.15. The number of nitrogens with one attached hydrogen (secondary N) is 2. The second-order valence-electron chi connectivity index (χ2n) is 5.39. The molecular formula is C18H24N2O. The molecule has 2 aromatic carbocycles. The molecule has 2 aliphatic heterocycles. The van der Waals surface area contributed by atoms with E-state index in [0.29, 0.717) is 0 Å². The first-order chi connectivity index (χ1) is 9.93. The van der Waals surface area contributed by atoms with Crippen LogP contribution in [-0.4, -0.2) is 18.6 Å². The molecule has 21 heavy (non-hydrogen) atoms. The van der Waals surface area contributed by atoms with Crippen molar-refractivity contribution in [3.63, 3.8) is 0 Å². The molecule has 0 fully saturated rings. The van der Waals surface area contributed by atoms with E-state index in [1.807, 2.05) is 0 Å². The molecule has 4 N–H and O–H groups in total. The van der Waals surface area contributed by atoms with Gasteiger partial charge in [0.25, 0.3) is 0 Å². The molecule has 0 amide bonds. The Bertz CT molecular complexity index is 467. The molecule has 2 aromatic rings. The summed E-state index contributed by atoms with van der Waals surface area (Å²) in [5.41, 5.74) is 5.96. The van der Waals surface area contributed by atoms with E-state index in [0.717, 1.165) is 26.2 Å². The molecule has 0 saturated carbocycles. The standard InChI is InChI=1S/2C9H11N.H2O/c2*1-2-4-9-7-10-6-5-8(9)3-1;/h2*1-4,10H,5-7H2;1H2. The average molecular weight is 284 g/mol. The van der Waals surface area contributed by atoms with Gasteiger partial charge in [0.15, 0.2) is 0 Å². The van der Waals surface area contributed by atoms with Crippen molar-refractivity contribution in [3.8, 4) is 0 Å². The second-order valence-corrected chi connectivity index (χ2v) is 5.39. The molecule has 0 saturated heterocycles. The molecule has 0 aromatic heterocycles. The summed E-state index contributed by atoms with van der Waals surface area (Å²) in [5, 5.41) is 6.68. The van der Waals surface area contributed by atoms with Gasteiger partial charge in [-0.25, -0.2) is 0 Å². The minimum absolute atomic E-state index is 0. The van der Waals surface area contributed by atoms with Crippen molar-refractivity contribution in [2.75, 3.05) is 13.1 Å². The van der Waals surface area contributed by atoms with Crippen LogP contribution in [0, 0.1) is 0 Å². The van der Waals surface area contributed by atoms with Gasteiger partial charge >= 0.3 is 0 Å². The highest BCUT2D eigenvalue weighted by Crippen LogP contribution is 2.12. The van der Waals surface area contributed by atoms with E-state index >= 15 is 0 Å². The Balaban J connectivity index is 0.000000147. The summed E-state index contributed by atoms with van der Waals surface area (Å²) >= 11 is 0. The predicted octanol–water partition coefficient (Wildman–Crippen LogP) is 1.84. The van der Waals surface area contributed by atoms with Crippen molar-refractivity contribution in [1.29, 1.82) is 0 Å². The van der Waals surface area contributed by atoms with Gasteiger partial charge in [0.2, 0.25) is 0 Å². The number of benzene rings is 2. The zero-order valence-electron chi connectivity index (χ0n) is 12.4. The van der Waals surface area contributed by atoms with Gasteiger partial charge in [-0.3, -0.25) is 0 Å². The smallest absolute Gasteiger partial charge is 0.0208 e. The lowest BCUT2D eigenvalue weighted by molar-refractivity contribution is 0.644. The Morgan fingerprint density at radius 2 is 0.952 bits per heavy atom. The van der Waals surface area contributed by atoms with Gasteiger partial charge in [0.1, 0.15) is 0 Å². The fraction of sp³-hybridized carbons (Fsp3) is 0.333. The van der Waals surface area contributed by atoms with Crippen LogP contribution in [0.15, 0.2) is 48.5 Å². The highest BCUT2D eigenvalue weighted by molar-refractivity contribution is 5.29. The second kappa shape index (κ2) is 7.93. The maximum absolute atomic E-state index is 3.34. The normalized spacial score (nSPS) is 15.6. The Morgan fingerprint density at radius 3 is 1.33 bits per heavy atom. The first kappa shape index (κ1) is 15.7. The summed E-state index contributed by atoms with van der Waals surface area (Å²) in [6.07, 6.45) is 2.38. The minimum atomic E-state index is 0. The molecule has 0 bridgehead atoms. The van der Waals surface area contributed by atoms with E-state index in [9.17, 15) is 0 Å². The van der Waals surface area contributed by atoms with E-state index in [4.69, 9.17) is 0 Å². The van der Waals surface area contributed by atoms with Crippen molar-refractivity contribution in [2.24, 2.45) is 0 Å². The molecule has 0 atom stereocenters. The Labute approximate surface area is 126 Å². The van der Waals surface area contributed by atoms with Crippen molar-refractivity contribution >= 4 is 0 Å². The van der Waals surface area contributed by atoms with Crippen molar-refractivity contribution in [1.82, 2.24) is 10.6 Å². The zero-order valence-corrected chi connectivity index (χ0v) is 12.4. The Morgan fingerprint density at radius 1 is 0.571 bits per heavy atom. The van der Waals surface area contributed by atoms with Crippen LogP contribution in [0.3, 0.4) is 0 Å². The van der Waals surface area contributed by atoms with E-state index < -0.39 is 0 Å². The molecule has 3 nitrogen and oxygen atoms in total. The topological polar surface area (TPSA) is 55.6 Å². The predicted molar refractivity (Wildman–Crippen MR) is 87.3 cm³/mol. The lowest BCUT2D eigenvalue weighted by atomic mass is 10.0. The van der Waals surface area contributed by atoms with Crippen LogP contribution < -0.4 is 10.6 Å². The maximum atomic E-state index is 3.34. The minimum Gasteiger partial charge on any atom is -0.412 e. The largest absolute Gasteiger partial charge is 0.412 e. The zero-order chi connectivity index (χ0) is 13.6. The van der Waals surface area contributed by atoms with Crippen LogP contribution in [0.4, 0.5) is 0 Å². The Kier molecular flexibility index (Phi) is 5.93. The van der Waals surface area contributed by atoms with E-state index in [-0.39, 0.29) is 5.48 Å². The van der Waals surface area contributed by atoms with Crippen LogP contribution in [0.1, 0.15) is 22.3 Å². The van der Waals surface area contributed by atoms with Gasteiger partial charge < -0.3 is 16.1 Å². The van der Waals surface area contributed by atoms with Crippen LogP contribution in [0.2, 0.25) is 0 Å². The molecule has 112 valence electrons. The highest BCUT2D eigenvalue weighted by atomic mass is 16.0. The van der Waals surface area contributed by atoms with Crippen LogP contribution >= 0.6 is 0 Å². The summed E-state index contributed by atoms with van der Waals surface area (Å²) in [5.74, 6) is 0. The first-order valence-corrected chi connectivity index (χ1v) is 7.48. The highest BCUT2D eigenvalue weighted by Gasteiger charge is 2.05. The molecule has 3 heteroatoms. The van der Waals surface area contributed by atoms with Crippen molar-refractivity contribution in [2.45, 2.75) is 25.9 Å². The molecule has 0 spiro atoms. The summed E-state index contributed by atoms with van der Waals surface area (Å²) in [6, 6.07) is 17.3. The van der Waals surface area contributed by atoms with Crippen molar-refractivity contribution < 1.29 is 5.48 Å².